The van der Waals surface area contributed by atoms with Crippen LogP contribution in [0.5, 0.6) is 0 Å². The van der Waals surface area contributed by atoms with Crippen molar-refractivity contribution in [3.63, 3.8) is 0 Å². The molecule has 1 amide bonds. The molecule has 0 spiro atoms. The molecule has 2 atom stereocenters. The van der Waals surface area contributed by atoms with Crippen LogP contribution in [0.25, 0.3) is 0 Å². The lowest BCUT2D eigenvalue weighted by molar-refractivity contribution is -0.117. The van der Waals surface area contributed by atoms with E-state index < -0.39 is 6.17 Å². The molecule has 1 rings (SSSR count). The number of rotatable bonds is 13. The van der Waals surface area contributed by atoms with Gasteiger partial charge in [0.1, 0.15) is 11.4 Å². The zero-order valence-electron chi connectivity index (χ0n) is 20.2. The third kappa shape index (κ3) is 11.8. The normalized spacial score (nSPS) is 18.3. The number of unbranched alkanes of at least 4 members (excludes halogenated alkanes) is 2. The highest BCUT2D eigenvalue weighted by molar-refractivity contribution is 5.98. The zero-order chi connectivity index (χ0) is 24.9. The minimum absolute atomic E-state index is 0.191. The Bertz CT molecular complexity index is 807. The van der Waals surface area contributed by atoms with Gasteiger partial charge in [-0.1, -0.05) is 30.9 Å². The summed E-state index contributed by atoms with van der Waals surface area (Å²) >= 11 is 0. The van der Waals surface area contributed by atoms with Crippen LogP contribution in [0, 0.1) is 5.92 Å². The van der Waals surface area contributed by atoms with Crippen LogP contribution < -0.4 is 16.5 Å². The fourth-order valence-corrected chi connectivity index (χ4v) is 3.11. The van der Waals surface area contributed by atoms with E-state index in [4.69, 9.17) is 15.7 Å². The van der Waals surface area contributed by atoms with Gasteiger partial charge >= 0.3 is 0 Å². The van der Waals surface area contributed by atoms with Crippen molar-refractivity contribution in [2.75, 3.05) is 6.54 Å². The maximum Gasteiger partial charge on any atom is 0.253 e. The average Bonchev–Trinajstić information content (AvgIpc) is 2.76. The number of carbonyl (C=O) groups excluding carboxylic acids is 1. The first-order valence-corrected chi connectivity index (χ1v) is 11.3. The molecule has 0 fully saturated rings. The summed E-state index contributed by atoms with van der Waals surface area (Å²) in [6.45, 7) is 11.7. The minimum Gasteiger partial charge on any atom is -0.493 e. The summed E-state index contributed by atoms with van der Waals surface area (Å²) in [5, 5.41) is 11.9. The molecule has 0 heterocycles. The Balaban J connectivity index is 2.68. The Morgan fingerprint density at radius 3 is 2.82 bits per heavy atom. The van der Waals surface area contributed by atoms with Gasteiger partial charge in [0, 0.05) is 25.1 Å². The number of amides is 1. The Hall–Kier alpha value is -2.55. The van der Waals surface area contributed by atoms with Crippen LogP contribution in [0.4, 0.5) is 4.39 Å². The predicted molar refractivity (Wildman–Crippen MR) is 131 cm³/mol. The van der Waals surface area contributed by atoms with E-state index >= 15 is 0 Å². The molecule has 0 saturated heterocycles. The van der Waals surface area contributed by atoms with Gasteiger partial charge in [-0.15, -0.1) is 0 Å². The summed E-state index contributed by atoms with van der Waals surface area (Å²) in [4.78, 5) is 17.1. The Morgan fingerprint density at radius 1 is 1.45 bits per heavy atom. The van der Waals surface area contributed by atoms with E-state index in [-0.39, 0.29) is 29.8 Å². The first-order valence-electron chi connectivity index (χ1n) is 11.3. The lowest BCUT2D eigenvalue weighted by Crippen LogP contribution is -2.42. The van der Waals surface area contributed by atoms with E-state index in [1.165, 1.54) is 18.2 Å². The van der Waals surface area contributed by atoms with Crippen molar-refractivity contribution in [2.24, 2.45) is 16.6 Å². The van der Waals surface area contributed by atoms with Crippen LogP contribution in [0.15, 0.2) is 64.8 Å². The molecule has 0 aromatic rings. The third-order valence-corrected chi connectivity index (χ3v) is 4.75. The number of hydrogen-bond donors (Lipinski definition) is 4. The SMILES string of the molecule is C=C(CCCCC=NC1=CC(C(N)NO)CC=C1C(=O)NC/C=C\C(F)=C/C)OC(C)(C)C. The molecule has 0 bridgehead atoms. The molecule has 0 aromatic heterocycles. The maximum absolute atomic E-state index is 13.1. The molecule has 7 nitrogen and oxygen atoms in total. The summed E-state index contributed by atoms with van der Waals surface area (Å²) in [5.41, 5.74) is 8.61. The van der Waals surface area contributed by atoms with E-state index in [0.717, 1.165) is 31.4 Å². The van der Waals surface area contributed by atoms with Gasteiger partial charge in [0.05, 0.1) is 23.2 Å². The lowest BCUT2D eigenvalue weighted by Gasteiger charge is -2.23. The molecule has 1 aliphatic carbocycles. The van der Waals surface area contributed by atoms with Crippen LogP contribution in [0.2, 0.25) is 0 Å². The number of aliphatic imine (C=N–C) groups is 1. The number of halogens is 1. The van der Waals surface area contributed by atoms with Gasteiger partial charge in [-0.25, -0.2) is 4.39 Å². The van der Waals surface area contributed by atoms with Crippen LogP contribution in [0.3, 0.4) is 0 Å². The topological polar surface area (TPSA) is 109 Å². The second-order valence-electron chi connectivity index (χ2n) is 8.82. The molecular formula is C25H39FN4O3. The van der Waals surface area contributed by atoms with Gasteiger partial charge in [-0.2, -0.15) is 5.48 Å². The highest BCUT2D eigenvalue weighted by Gasteiger charge is 2.23. The smallest absolute Gasteiger partial charge is 0.253 e. The quantitative estimate of drug-likeness (QED) is 0.0800. The Kier molecular flexibility index (Phi) is 12.6. The number of nitrogens with zero attached hydrogens (tertiary/aromatic N) is 1. The van der Waals surface area contributed by atoms with Crippen molar-refractivity contribution >= 4 is 12.1 Å². The zero-order valence-corrected chi connectivity index (χ0v) is 20.2. The van der Waals surface area contributed by atoms with E-state index in [2.05, 4.69) is 16.9 Å². The molecule has 2 unspecified atom stereocenters. The van der Waals surface area contributed by atoms with Crippen molar-refractivity contribution < 1.29 is 19.1 Å². The molecule has 0 saturated carbocycles. The van der Waals surface area contributed by atoms with E-state index in [9.17, 15) is 9.18 Å². The van der Waals surface area contributed by atoms with E-state index in [1.54, 1.807) is 25.3 Å². The van der Waals surface area contributed by atoms with Crippen molar-refractivity contribution in [3.05, 3.63) is 59.8 Å². The Morgan fingerprint density at radius 2 is 2.18 bits per heavy atom. The van der Waals surface area contributed by atoms with Gasteiger partial charge in [-0.3, -0.25) is 9.79 Å². The standard InChI is InChI=1S/C25H39FN4O3/c1-6-20(26)12-10-16-29-24(31)21-14-13-19(23(27)30-32)17-22(21)28-15-9-7-8-11-18(2)33-25(3,4)5/h6,10,12,14-15,17,19,23,30,32H,2,7-9,11,13,16,27H2,1,3-5H3,(H,29,31)/b12-10-,20-6+,28-15?. The molecule has 0 radical (unpaired) electrons. The number of carbonyl (C=O) groups is 1. The molecule has 8 heteroatoms. The van der Waals surface area contributed by atoms with Gasteiger partial charge in [0.15, 0.2) is 0 Å². The van der Waals surface area contributed by atoms with E-state index in [1.807, 2.05) is 26.3 Å². The monoisotopic (exact) mass is 462 g/mol. The number of allylic oxidation sites excluding steroid dienone is 5. The average molecular weight is 463 g/mol. The second kappa shape index (κ2) is 14.6. The van der Waals surface area contributed by atoms with Crippen molar-refractivity contribution in [3.8, 4) is 0 Å². The summed E-state index contributed by atoms with van der Waals surface area (Å²) in [6.07, 6.45) is 12.6. The van der Waals surface area contributed by atoms with Crippen LogP contribution in [0.1, 0.15) is 59.8 Å². The third-order valence-electron chi connectivity index (χ3n) is 4.75. The van der Waals surface area contributed by atoms with Crippen molar-refractivity contribution in [1.82, 2.24) is 10.8 Å². The van der Waals surface area contributed by atoms with Crippen LogP contribution in [-0.2, 0) is 9.53 Å². The number of nitrogens with two attached hydrogens (primary N) is 1. The summed E-state index contributed by atoms with van der Waals surface area (Å²) in [5.74, 6) is -0.106. The summed E-state index contributed by atoms with van der Waals surface area (Å²) < 4.78 is 18.9. The number of hydrogen-bond acceptors (Lipinski definition) is 6. The molecule has 1 aliphatic rings. The van der Waals surface area contributed by atoms with Crippen molar-refractivity contribution in [2.45, 2.75) is 71.6 Å². The van der Waals surface area contributed by atoms with Crippen molar-refractivity contribution in [1.29, 1.82) is 0 Å². The molecule has 0 aromatic carbocycles. The molecule has 0 aliphatic heterocycles. The number of ether oxygens (including phenoxy) is 1. The van der Waals surface area contributed by atoms with Gasteiger partial charge in [-0.05, 0) is 59.5 Å². The molecular weight excluding hydrogens is 423 g/mol. The minimum atomic E-state index is -0.670. The highest BCUT2D eigenvalue weighted by atomic mass is 19.1. The van der Waals surface area contributed by atoms with Crippen LogP contribution in [-0.4, -0.2) is 35.6 Å². The number of nitrogens with one attached hydrogen (secondary N) is 2. The molecule has 33 heavy (non-hydrogen) atoms. The second-order valence-corrected chi connectivity index (χ2v) is 8.82. The largest absolute Gasteiger partial charge is 0.493 e. The lowest BCUT2D eigenvalue weighted by atomic mass is 9.92. The predicted octanol–water partition coefficient (Wildman–Crippen LogP) is 4.59. The summed E-state index contributed by atoms with van der Waals surface area (Å²) in [6, 6.07) is 0. The fourth-order valence-electron chi connectivity index (χ4n) is 3.11. The first-order chi connectivity index (χ1) is 15.6. The fraction of sp³-hybridized carbons (Fsp3) is 0.520. The summed E-state index contributed by atoms with van der Waals surface area (Å²) in [7, 11) is 0. The molecule has 5 N–H and O–H groups in total. The first kappa shape index (κ1) is 28.5. The highest BCUT2D eigenvalue weighted by Crippen LogP contribution is 2.25. The number of hydroxylamine groups is 1. The maximum atomic E-state index is 13.1. The molecule has 184 valence electrons. The van der Waals surface area contributed by atoms with Gasteiger partial charge in [0.2, 0.25) is 0 Å². The van der Waals surface area contributed by atoms with E-state index in [0.29, 0.717) is 17.7 Å². The Labute approximate surface area is 197 Å². The van der Waals surface area contributed by atoms with Gasteiger partial charge in [0.25, 0.3) is 5.91 Å². The van der Waals surface area contributed by atoms with Crippen LogP contribution >= 0.6 is 0 Å². The van der Waals surface area contributed by atoms with Gasteiger partial charge < -0.3 is 21.0 Å².